The number of phenolic OH excluding ortho intramolecular Hbond substituents is 1. The average molecular weight is 363 g/mol. The number of aromatic hydroxyl groups is 1. The first kappa shape index (κ1) is 16.0. The van der Waals surface area contributed by atoms with E-state index < -0.39 is 5.91 Å². The van der Waals surface area contributed by atoms with Crippen molar-refractivity contribution < 1.29 is 14.7 Å². The molecule has 0 saturated heterocycles. The van der Waals surface area contributed by atoms with Gasteiger partial charge < -0.3 is 15.7 Å². The van der Waals surface area contributed by atoms with Crippen molar-refractivity contribution in [2.24, 2.45) is 0 Å². The molecule has 0 radical (unpaired) electrons. The van der Waals surface area contributed by atoms with Crippen LogP contribution in [0.1, 0.15) is 15.9 Å². The zero-order valence-electron chi connectivity index (χ0n) is 11.9. The van der Waals surface area contributed by atoms with E-state index in [9.17, 15) is 14.7 Å². The van der Waals surface area contributed by atoms with E-state index in [1.807, 2.05) is 6.92 Å². The van der Waals surface area contributed by atoms with Crippen molar-refractivity contribution in [1.29, 1.82) is 0 Å². The van der Waals surface area contributed by atoms with Crippen LogP contribution in [0, 0.1) is 6.92 Å². The van der Waals surface area contributed by atoms with Crippen molar-refractivity contribution in [2.75, 3.05) is 11.9 Å². The maximum absolute atomic E-state index is 11.9. The summed E-state index contributed by atoms with van der Waals surface area (Å²) in [7, 11) is 0. The molecule has 0 fully saturated rings. The smallest absolute Gasteiger partial charge is 0.251 e. The van der Waals surface area contributed by atoms with Crippen LogP contribution in [0.25, 0.3) is 0 Å². The number of hydrogen-bond acceptors (Lipinski definition) is 3. The summed E-state index contributed by atoms with van der Waals surface area (Å²) in [6, 6.07) is 11.7. The molecule has 0 aromatic heterocycles. The number of carbonyl (C=O) groups excluding carboxylic acids is 2. The standard InChI is InChI=1S/C16H15BrN2O3/c1-10-2-7-13(14(20)8-10)19-15(21)9-18-16(22)11-3-5-12(17)6-4-11/h2-8,20H,9H2,1H3,(H,18,22)(H,19,21). The van der Waals surface area contributed by atoms with E-state index >= 15 is 0 Å². The Kier molecular flexibility index (Phi) is 5.16. The molecule has 0 heterocycles. The van der Waals surface area contributed by atoms with Crippen molar-refractivity contribution in [3.8, 4) is 5.75 Å². The average Bonchev–Trinajstić information content (AvgIpc) is 2.48. The molecule has 2 aromatic rings. The first-order chi connectivity index (χ1) is 10.5. The molecule has 3 N–H and O–H groups in total. The number of nitrogens with one attached hydrogen (secondary N) is 2. The van der Waals surface area contributed by atoms with Crippen LogP contribution in [0.2, 0.25) is 0 Å². The van der Waals surface area contributed by atoms with Gasteiger partial charge in [0.2, 0.25) is 5.91 Å². The van der Waals surface area contributed by atoms with Crippen LogP contribution in [-0.2, 0) is 4.79 Å². The van der Waals surface area contributed by atoms with Gasteiger partial charge in [0.1, 0.15) is 5.75 Å². The second-order valence-corrected chi connectivity index (χ2v) is 5.67. The lowest BCUT2D eigenvalue weighted by Crippen LogP contribution is -2.32. The number of anilines is 1. The summed E-state index contributed by atoms with van der Waals surface area (Å²) >= 11 is 3.29. The van der Waals surface area contributed by atoms with Crippen LogP contribution in [0.5, 0.6) is 5.75 Å². The van der Waals surface area contributed by atoms with Gasteiger partial charge in [-0.05, 0) is 48.9 Å². The van der Waals surface area contributed by atoms with Gasteiger partial charge in [-0.15, -0.1) is 0 Å². The number of amides is 2. The minimum atomic E-state index is -0.412. The van der Waals surface area contributed by atoms with E-state index in [-0.39, 0.29) is 18.2 Å². The third-order valence-electron chi connectivity index (χ3n) is 2.94. The van der Waals surface area contributed by atoms with Gasteiger partial charge in [-0.25, -0.2) is 0 Å². The number of benzene rings is 2. The lowest BCUT2D eigenvalue weighted by Gasteiger charge is -2.09. The highest BCUT2D eigenvalue weighted by Gasteiger charge is 2.10. The molecule has 0 atom stereocenters. The molecule has 0 bridgehead atoms. The first-order valence-corrected chi connectivity index (χ1v) is 7.38. The summed E-state index contributed by atoms with van der Waals surface area (Å²) in [4.78, 5) is 23.7. The molecule has 0 unspecified atom stereocenters. The molecule has 6 heteroatoms. The van der Waals surface area contributed by atoms with E-state index in [0.29, 0.717) is 11.3 Å². The fraction of sp³-hybridized carbons (Fsp3) is 0.125. The predicted molar refractivity (Wildman–Crippen MR) is 87.9 cm³/mol. The lowest BCUT2D eigenvalue weighted by molar-refractivity contribution is -0.115. The predicted octanol–water partition coefficient (Wildman–Crippen LogP) is 2.83. The lowest BCUT2D eigenvalue weighted by atomic mass is 10.2. The Labute approximate surface area is 136 Å². The molecule has 2 amide bonds. The zero-order chi connectivity index (χ0) is 16.1. The van der Waals surface area contributed by atoms with E-state index in [1.165, 1.54) is 0 Å². The number of phenols is 1. The number of halogens is 1. The highest BCUT2D eigenvalue weighted by atomic mass is 79.9. The van der Waals surface area contributed by atoms with E-state index in [4.69, 9.17) is 0 Å². The Morgan fingerprint density at radius 2 is 1.82 bits per heavy atom. The highest BCUT2D eigenvalue weighted by molar-refractivity contribution is 9.10. The molecule has 2 rings (SSSR count). The maximum atomic E-state index is 11.9. The van der Waals surface area contributed by atoms with Gasteiger partial charge >= 0.3 is 0 Å². The molecule has 0 aliphatic rings. The molecule has 22 heavy (non-hydrogen) atoms. The summed E-state index contributed by atoms with van der Waals surface area (Å²) in [5.74, 6) is -0.757. The summed E-state index contributed by atoms with van der Waals surface area (Å²) < 4.78 is 0.872. The van der Waals surface area contributed by atoms with Crippen LogP contribution in [0.4, 0.5) is 5.69 Å². The second kappa shape index (κ2) is 7.09. The zero-order valence-corrected chi connectivity index (χ0v) is 13.5. The first-order valence-electron chi connectivity index (χ1n) is 6.59. The van der Waals surface area contributed by atoms with Gasteiger partial charge in [-0.2, -0.15) is 0 Å². The van der Waals surface area contributed by atoms with Gasteiger partial charge in [0.05, 0.1) is 12.2 Å². The Hall–Kier alpha value is -2.34. The van der Waals surface area contributed by atoms with Crippen LogP contribution in [0.3, 0.4) is 0 Å². The minimum Gasteiger partial charge on any atom is -0.506 e. The fourth-order valence-electron chi connectivity index (χ4n) is 1.81. The Bertz CT molecular complexity index is 699. The normalized spacial score (nSPS) is 10.1. The van der Waals surface area contributed by atoms with E-state index in [2.05, 4.69) is 26.6 Å². The molecule has 0 spiro atoms. The molecule has 0 aliphatic heterocycles. The molecular weight excluding hydrogens is 348 g/mol. The number of rotatable bonds is 4. The third-order valence-corrected chi connectivity index (χ3v) is 3.47. The minimum absolute atomic E-state index is 0.00686. The highest BCUT2D eigenvalue weighted by Crippen LogP contribution is 2.23. The number of hydrogen-bond donors (Lipinski definition) is 3. The van der Waals surface area contributed by atoms with Crippen LogP contribution < -0.4 is 10.6 Å². The van der Waals surface area contributed by atoms with Gasteiger partial charge in [0.15, 0.2) is 0 Å². The van der Waals surface area contributed by atoms with E-state index in [1.54, 1.807) is 42.5 Å². The summed E-state index contributed by atoms with van der Waals surface area (Å²) in [6.45, 7) is 1.66. The molecule has 0 aliphatic carbocycles. The number of aryl methyl sites for hydroxylation is 1. The fourth-order valence-corrected chi connectivity index (χ4v) is 2.07. The van der Waals surface area contributed by atoms with Crippen molar-refractivity contribution in [2.45, 2.75) is 6.92 Å². The van der Waals surface area contributed by atoms with Crippen molar-refractivity contribution >= 4 is 33.4 Å². The quantitative estimate of drug-likeness (QED) is 0.731. The van der Waals surface area contributed by atoms with Crippen LogP contribution in [-0.4, -0.2) is 23.5 Å². The second-order valence-electron chi connectivity index (χ2n) is 4.76. The molecular formula is C16H15BrN2O3. The molecule has 2 aromatic carbocycles. The Balaban J connectivity index is 1.89. The van der Waals surface area contributed by atoms with Crippen LogP contribution in [0.15, 0.2) is 46.9 Å². The molecule has 114 valence electrons. The van der Waals surface area contributed by atoms with Gasteiger partial charge in [-0.1, -0.05) is 22.0 Å². The molecule has 0 saturated carbocycles. The maximum Gasteiger partial charge on any atom is 0.251 e. The topological polar surface area (TPSA) is 78.4 Å². The monoisotopic (exact) mass is 362 g/mol. The van der Waals surface area contributed by atoms with Gasteiger partial charge in [-0.3, -0.25) is 9.59 Å². The largest absolute Gasteiger partial charge is 0.506 e. The third kappa shape index (κ3) is 4.33. The Morgan fingerprint density at radius 3 is 2.45 bits per heavy atom. The van der Waals surface area contributed by atoms with Gasteiger partial charge in [0.25, 0.3) is 5.91 Å². The summed E-state index contributed by atoms with van der Waals surface area (Å²) in [6.07, 6.45) is 0. The summed E-state index contributed by atoms with van der Waals surface area (Å²) in [5.41, 5.74) is 1.67. The molecule has 5 nitrogen and oxygen atoms in total. The van der Waals surface area contributed by atoms with E-state index in [0.717, 1.165) is 10.0 Å². The van der Waals surface area contributed by atoms with Crippen molar-refractivity contribution in [3.63, 3.8) is 0 Å². The SMILES string of the molecule is Cc1ccc(NC(=O)CNC(=O)c2ccc(Br)cc2)c(O)c1. The van der Waals surface area contributed by atoms with Crippen LogP contribution >= 0.6 is 15.9 Å². The Morgan fingerprint density at radius 1 is 1.14 bits per heavy atom. The van der Waals surface area contributed by atoms with Gasteiger partial charge in [0, 0.05) is 10.0 Å². The van der Waals surface area contributed by atoms with Crippen molar-refractivity contribution in [3.05, 3.63) is 58.1 Å². The summed E-state index contributed by atoms with van der Waals surface area (Å²) in [5, 5.41) is 14.8. The van der Waals surface area contributed by atoms with Crippen molar-refractivity contribution in [1.82, 2.24) is 5.32 Å². The number of carbonyl (C=O) groups is 2.